The Morgan fingerprint density at radius 1 is 1.00 bits per heavy atom. The summed E-state index contributed by atoms with van der Waals surface area (Å²) in [5.74, 6) is -0.151. The van der Waals surface area contributed by atoms with E-state index in [1.807, 2.05) is 51.1 Å². The van der Waals surface area contributed by atoms with Gasteiger partial charge in [-0.1, -0.05) is 39.0 Å². The molecule has 0 spiro atoms. The first-order valence-corrected chi connectivity index (χ1v) is 8.60. The van der Waals surface area contributed by atoms with Crippen molar-refractivity contribution in [1.29, 1.82) is 0 Å². The summed E-state index contributed by atoms with van der Waals surface area (Å²) in [7, 11) is 2.91. The average Bonchev–Trinajstić information content (AvgIpc) is 2.64. The van der Waals surface area contributed by atoms with Gasteiger partial charge in [0.25, 0.3) is 5.91 Å². The van der Waals surface area contributed by atoms with Crippen LogP contribution in [0.4, 0.5) is 5.69 Å². The molecule has 0 fully saturated rings. The number of amides is 1. The number of nitrogens with one attached hydrogen (secondary N) is 1. The number of anilines is 1. The normalized spacial score (nSPS) is 12.2. The summed E-state index contributed by atoms with van der Waals surface area (Å²) in [6.07, 6.45) is 0. The maximum Gasteiger partial charge on any atom is 0.328 e. The molecule has 2 rings (SSSR count). The minimum absolute atomic E-state index is 0.311. The molecule has 0 radical (unpaired) electrons. The first-order valence-electron chi connectivity index (χ1n) is 8.60. The summed E-state index contributed by atoms with van der Waals surface area (Å²) < 4.78 is 9.96. The highest BCUT2D eigenvalue weighted by atomic mass is 16.5. The summed E-state index contributed by atoms with van der Waals surface area (Å²) in [6, 6.07) is 12.0. The van der Waals surface area contributed by atoms with Gasteiger partial charge in [-0.05, 0) is 40.8 Å². The Balaban J connectivity index is 2.25. The molecule has 0 aromatic heterocycles. The van der Waals surface area contributed by atoms with Gasteiger partial charge in [-0.25, -0.2) is 4.79 Å². The smallest absolute Gasteiger partial charge is 0.328 e. The highest BCUT2D eigenvalue weighted by molar-refractivity contribution is 6.01. The van der Waals surface area contributed by atoms with Crippen molar-refractivity contribution in [3.63, 3.8) is 0 Å². The molecule has 144 valence electrons. The molecular weight excluding hydrogens is 344 g/mol. The zero-order valence-corrected chi connectivity index (χ0v) is 16.3. The Labute approximate surface area is 159 Å². The third kappa shape index (κ3) is 4.78. The molecule has 6 nitrogen and oxygen atoms in total. The molecule has 0 bridgehead atoms. The molecule has 6 heteroatoms. The topological polar surface area (TPSA) is 90.6 Å². The summed E-state index contributed by atoms with van der Waals surface area (Å²) in [5, 5.41) is 2.73. The monoisotopic (exact) mass is 370 g/mol. The van der Waals surface area contributed by atoms with Crippen LogP contribution in [-0.2, 0) is 9.53 Å². The number of hydrogen-bond donors (Lipinski definition) is 2. The number of ether oxygens (including phenoxy) is 2. The maximum atomic E-state index is 12.7. The fraction of sp³-hybridized carbons (Fsp3) is 0.333. The van der Waals surface area contributed by atoms with Crippen molar-refractivity contribution >= 4 is 17.6 Å². The molecule has 0 aliphatic rings. The second kappa shape index (κ2) is 8.12. The number of methoxy groups -OCH3 is 2. The van der Waals surface area contributed by atoms with Gasteiger partial charge in [-0.2, -0.15) is 0 Å². The molecule has 0 unspecified atom stereocenters. The summed E-state index contributed by atoms with van der Waals surface area (Å²) in [5.41, 5.74) is 8.09. The van der Waals surface area contributed by atoms with Crippen molar-refractivity contribution in [2.24, 2.45) is 5.41 Å². The van der Waals surface area contributed by atoms with E-state index < -0.39 is 23.3 Å². The van der Waals surface area contributed by atoms with E-state index in [0.717, 1.165) is 16.9 Å². The fourth-order valence-electron chi connectivity index (χ4n) is 2.69. The third-order valence-corrected chi connectivity index (χ3v) is 4.30. The van der Waals surface area contributed by atoms with E-state index in [4.69, 9.17) is 15.2 Å². The average molecular weight is 370 g/mol. The Kier molecular flexibility index (Phi) is 6.10. The zero-order valence-electron chi connectivity index (χ0n) is 16.3. The van der Waals surface area contributed by atoms with Crippen molar-refractivity contribution in [2.75, 3.05) is 20.0 Å². The van der Waals surface area contributed by atoms with Crippen LogP contribution in [0, 0.1) is 5.41 Å². The van der Waals surface area contributed by atoms with Gasteiger partial charge < -0.3 is 20.5 Å². The van der Waals surface area contributed by atoms with E-state index >= 15 is 0 Å². The van der Waals surface area contributed by atoms with Gasteiger partial charge in [0, 0.05) is 5.69 Å². The van der Waals surface area contributed by atoms with Crippen LogP contribution in [0.3, 0.4) is 0 Å². The number of nitrogens with two attached hydrogens (primary N) is 1. The van der Waals surface area contributed by atoms with Crippen LogP contribution in [0.15, 0.2) is 42.5 Å². The number of esters is 1. The van der Waals surface area contributed by atoms with Gasteiger partial charge in [-0.15, -0.1) is 0 Å². The van der Waals surface area contributed by atoms with Gasteiger partial charge >= 0.3 is 5.97 Å². The second-order valence-electron chi connectivity index (χ2n) is 7.33. The van der Waals surface area contributed by atoms with Gasteiger partial charge in [0.2, 0.25) is 0 Å². The van der Waals surface area contributed by atoms with Crippen molar-refractivity contribution in [3.8, 4) is 16.9 Å². The van der Waals surface area contributed by atoms with Gasteiger partial charge in [0.05, 0.1) is 19.8 Å². The molecule has 0 heterocycles. The molecule has 1 amide bonds. The quantitative estimate of drug-likeness (QED) is 0.623. The molecule has 27 heavy (non-hydrogen) atoms. The SMILES string of the molecule is COC(=O)[C@@H](NC(=O)c1ccc(-c2ccc(OC)cc2)cc1N)C(C)(C)C. The third-order valence-electron chi connectivity index (χ3n) is 4.30. The minimum Gasteiger partial charge on any atom is -0.497 e. The molecule has 2 aromatic carbocycles. The largest absolute Gasteiger partial charge is 0.497 e. The highest BCUT2D eigenvalue weighted by Gasteiger charge is 2.34. The lowest BCUT2D eigenvalue weighted by Crippen LogP contribution is -2.49. The van der Waals surface area contributed by atoms with Crippen LogP contribution >= 0.6 is 0 Å². The summed E-state index contributed by atoms with van der Waals surface area (Å²) in [4.78, 5) is 24.7. The first-order chi connectivity index (χ1) is 12.7. The van der Waals surface area contributed by atoms with Crippen LogP contribution in [-0.4, -0.2) is 32.1 Å². The molecule has 0 aliphatic carbocycles. The number of hydrogen-bond acceptors (Lipinski definition) is 5. The predicted octanol–water partition coefficient (Wildman–Crippen LogP) is 3.26. The Morgan fingerprint density at radius 3 is 2.07 bits per heavy atom. The number of benzene rings is 2. The number of nitrogen functional groups attached to an aromatic ring is 1. The predicted molar refractivity (Wildman–Crippen MR) is 106 cm³/mol. The lowest BCUT2D eigenvalue weighted by molar-refractivity contribution is -0.145. The van der Waals surface area contributed by atoms with Crippen molar-refractivity contribution in [3.05, 3.63) is 48.0 Å². The van der Waals surface area contributed by atoms with Crippen LogP contribution < -0.4 is 15.8 Å². The van der Waals surface area contributed by atoms with Crippen molar-refractivity contribution in [2.45, 2.75) is 26.8 Å². The fourth-order valence-corrected chi connectivity index (χ4v) is 2.69. The Bertz CT molecular complexity index is 823. The van der Waals surface area contributed by atoms with Gasteiger partial charge in [0.1, 0.15) is 11.8 Å². The molecule has 0 saturated carbocycles. The van der Waals surface area contributed by atoms with Crippen LogP contribution in [0.5, 0.6) is 5.75 Å². The number of carbonyl (C=O) groups excluding carboxylic acids is 2. The van der Waals surface area contributed by atoms with Crippen molar-refractivity contribution in [1.82, 2.24) is 5.32 Å². The molecular formula is C21H26N2O4. The summed E-state index contributed by atoms with van der Waals surface area (Å²) >= 11 is 0. The Morgan fingerprint density at radius 2 is 1.59 bits per heavy atom. The number of carbonyl (C=O) groups is 2. The molecule has 3 N–H and O–H groups in total. The van der Waals surface area contributed by atoms with E-state index in [2.05, 4.69) is 5.32 Å². The van der Waals surface area contributed by atoms with Gasteiger partial charge in [0.15, 0.2) is 0 Å². The van der Waals surface area contributed by atoms with Crippen LogP contribution in [0.2, 0.25) is 0 Å². The highest BCUT2D eigenvalue weighted by Crippen LogP contribution is 2.27. The lowest BCUT2D eigenvalue weighted by atomic mass is 9.86. The zero-order chi connectivity index (χ0) is 20.2. The number of rotatable bonds is 5. The van der Waals surface area contributed by atoms with Crippen molar-refractivity contribution < 1.29 is 19.1 Å². The lowest BCUT2D eigenvalue weighted by Gasteiger charge is -2.29. The van der Waals surface area contributed by atoms with Gasteiger partial charge in [-0.3, -0.25) is 4.79 Å². The van der Waals surface area contributed by atoms with E-state index in [-0.39, 0.29) is 0 Å². The molecule has 2 aromatic rings. The summed E-state index contributed by atoms with van der Waals surface area (Å²) in [6.45, 7) is 5.56. The molecule has 0 aliphatic heterocycles. The Hall–Kier alpha value is -3.02. The first kappa shape index (κ1) is 20.3. The second-order valence-corrected chi connectivity index (χ2v) is 7.33. The maximum absolute atomic E-state index is 12.7. The van der Waals surface area contributed by atoms with E-state index in [0.29, 0.717) is 11.3 Å². The minimum atomic E-state index is -0.782. The molecule has 1 atom stereocenters. The molecule has 0 saturated heterocycles. The van der Waals surface area contributed by atoms with Crippen LogP contribution in [0.25, 0.3) is 11.1 Å². The standard InChI is InChI=1S/C21H26N2O4/c1-21(2,3)18(20(25)27-5)23-19(24)16-11-8-14(12-17(16)22)13-6-9-15(26-4)10-7-13/h6-12,18H,22H2,1-5H3,(H,23,24)/t18-/m1/s1. The van der Waals surface area contributed by atoms with Crippen LogP contribution in [0.1, 0.15) is 31.1 Å². The van der Waals surface area contributed by atoms with E-state index in [1.165, 1.54) is 7.11 Å². The van der Waals surface area contributed by atoms with E-state index in [1.54, 1.807) is 19.2 Å². The van der Waals surface area contributed by atoms with E-state index in [9.17, 15) is 9.59 Å².